The molecule has 2 unspecified atom stereocenters. The van der Waals surface area contributed by atoms with Gasteiger partial charge >= 0.3 is 0 Å². The Balaban J connectivity index is 1.85. The van der Waals surface area contributed by atoms with Crippen LogP contribution in [-0.2, 0) is 14.4 Å². The monoisotopic (exact) mass is 489 g/mol. The van der Waals surface area contributed by atoms with Gasteiger partial charge in [-0.2, -0.15) is 0 Å². The fourth-order valence-electron chi connectivity index (χ4n) is 6.40. The Morgan fingerprint density at radius 3 is 2.50 bits per heavy atom. The molecule has 0 saturated carbocycles. The van der Waals surface area contributed by atoms with Crippen LogP contribution in [0.4, 0.5) is 0 Å². The van der Waals surface area contributed by atoms with Crippen LogP contribution in [0.1, 0.15) is 47.0 Å². The molecule has 188 valence electrons. The molecule has 7 atom stereocenters. The van der Waals surface area contributed by atoms with Crippen molar-refractivity contribution in [1.29, 1.82) is 0 Å². The van der Waals surface area contributed by atoms with E-state index in [1.54, 1.807) is 28.6 Å². The third kappa shape index (κ3) is 3.91. The Kier molecular flexibility index (Phi) is 7.21. The van der Waals surface area contributed by atoms with E-state index in [0.29, 0.717) is 19.5 Å². The van der Waals surface area contributed by atoms with Gasteiger partial charge in [0.05, 0.1) is 29.2 Å². The van der Waals surface area contributed by atoms with Crippen LogP contribution in [0.25, 0.3) is 0 Å². The van der Waals surface area contributed by atoms with Crippen molar-refractivity contribution in [3.8, 4) is 0 Å². The van der Waals surface area contributed by atoms with Crippen LogP contribution >= 0.6 is 11.8 Å². The summed E-state index contributed by atoms with van der Waals surface area (Å²) in [7, 11) is 1.77. The normalized spacial score (nSPS) is 34.8. The summed E-state index contributed by atoms with van der Waals surface area (Å²) in [5.41, 5.74) is 0. The number of rotatable bonds is 7. The predicted octanol–water partition coefficient (Wildman–Crippen LogP) is 2.31. The molecule has 1 spiro atoms. The van der Waals surface area contributed by atoms with E-state index in [1.165, 1.54) is 0 Å². The number of thioether (sulfide) groups is 1. The molecule has 4 heterocycles. The second kappa shape index (κ2) is 9.69. The summed E-state index contributed by atoms with van der Waals surface area (Å²) in [6, 6.07) is -1.12. The van der Waals surface area contributed by atoms with E-state index in [4.69, 9.17) is 0 Å². The van der Waals surface area contributed by atoms with Crippen molar-refractivity contribution in [3.05, 3.63) is 24.3 Å². The number of hydrogen-bond donors (Lipinski definition) is 1. The molecule has 8 heteroatoms. The van der Waals surface area contributed by atoms with Crippen LogP contribution in [0, 0.1) is 17.8 Å². The minimum Gasteiger partial charge on any atom is -0.394 e. The summed E-state index contributed by atoms with van der Waals surface area (Å²) in [6.07, 6.45) is 10.6. The zero-order valence-corrected chi connectivity index (χ0v) is 21.8. The highest BCUT2D eigenvalue weighted by Gasteiger charge is 2.71. The number of nitrogens with zero attached hydrogens (tertiary/aromatic N) is 3. The molecule has 0 aliphatic carbocycles. The number of likely N-dealkylation sites (N-methyl/N-ethyl adjacent to an activating group) is 1. The lowest BCUT2D eigenvalue weighted by Gasteiger charge is -2.40. The Hall–Kier alpha value is -1.80. The van der Waals surface area contributed by atoms with Crippen LogP contribution in [-0.4, -0.2) is 92.4 Å². The van der Waals surface area contributed by atoms with Crippen LogP contribution in [0.3, 0.4) is 0 Å². The van der Waals surface area contributed by atoms with Crippen LogP contribution in [0.5, 0.6) is 0 Å². The molecule has 4 aliphatic rings. The van der Waals surface area contributed by atoms with Crippen molar-refractivity contribution < 1.29 is 19.5 Å². The molecule has 7 nitrogen and oxygen atoms in total. The molecule has 4 aliphatic heterocycles. The molecule has 0 aromatic carbocycles. The van der Waals surface area contributed by atoms with Crippen molar-refractivity contribution in [1.82, 2.24) is 14.7 Å². The SMILES string of the molecule is CCCC(C)N1CC=C[C@]23S[C@H]4C=CCN(C)C(=O)[C@H]4[C@H]2C(=O)N([C@@H](CO)CC(C)C)C3C1=O. The molecular formula is C26H39N3O4S. The first-order valence-corrected chi connectivity index (χ1v) is 13.6. The molecule has 0 bridgehead atoms. The standard InChI is InChI=1S/C26H39N3O4S/c1-6-9-17(4)28-13-8-11-26-21(20-19(34-26)10-7-12-27(5)23(20)31)24(32)29(22(26)25(28)33)18(15-30)14-16(2)3/h7-8,10-11,16-22,30H,6,9,12-15H2,1-5H3/t17?,18-,19+,20-,21+,22?,26+/m1/s1. The van der Waals surface area contributed by atoms with E-state index in [0.717, 1.165) is 12.8 Å². The van der Waals surface area contributed by atoms with Gasteiger partial charge in [-0.3, -0.25) is 14.4 Å². The summed E-state index contributed by atoms with van der Waals surface area (Å²) < 4.78 is -0.813. The van der Waals surface area contributed by atoms with Gasteiger partial charge in [-0.05, 0) is 25.7 Å². The number of likely N-dealkylation sites (tertiary alicyclic amines) is 1. The van der Waals surface area contributed by atoms with E-state index in [1.807, 2.05) is 17.1 Å². The molecule has 34 heavy (non-hydrogen) atoms. The Bertz CT molecular complexity index is 889. The first-order chi connectivity index (χ1) is 16.2. The van der Waals surface area contributed by atoms with Gasteiger partial charge in [-0.15, -0.1) is 11.8 Å². The molecular weight excluding hydrogens is 450 g/mol. The fourth-order valence-corrected chi connectivity index (χ4v) is 8.40. The maximum Gasteiger partial charge on any atom is 0.247 e. The highest BCUT2D eigenvalue weighted by Crippen LogP contribution is 2.61. The van der Waals surface area contributed by atoms with E-state index in [2.05, 4.69) is 39.8 Å². The maximum absolute atomic E-state index is 14.2. The quantitative estimate of drug-likeness (QED) is 0.555. The van der Waals surface area contributed by atoms with Crippen LogP contribution in [0.15, 0.2) is 24.3 Å². The molecule has 4 rings (SSSR count). The molecule has 0 radical (unpaired) electrons. The van der Waals surface area contributed by atoms with E-state index in [-0.39, 0.29) is 41.5 Å². The molecule has 0 aromatic rings. The molecule has 1 N–H and O–H groups in total. The molecule has 2 saturated heterocycles. The van der Waals surface area contributed by atoms with Gasteiger partial charge in [0.25, 0.3) is 0 Å². The van der Waals surface area contributed by atoms with Gasteiger partial charge < -0.3 is 19.8 Å². The topological polar surface area (TPSA) is 81.2 Å². The zero-order chi connectivity index (χ0) is 24.8. The fraction of sp³-hybridized carbons (Fsp3) is 0.731. The van der Waals surface area contributed by atoms with Gasteiger partial charge in [0.1, 0.15) is 6.04 Å². The van der Waals surface area contributed by atoms with E-state index in [9.17, 15) is 19.5 Å². The van der Waals surface area contributed by atoms with Crippen molar-refractivity contribution in [2.75, 3.05) is 26.7 Å². The van der Waals surface area contributed by atoms with Gasteiger partial charge in [0.15, 0.2) is 0 Å². The average molecular weight is 490 g/mol. The first kappa shape index (κ1) is 25.3. The Labute approximate surface area is 207 Å². The summed E-state index contributed by atoms with van der Waals surface area (Å²) in [6.45, 7) is 9.12. The summed E-state index contributed by atoms with van der Waals surface area (Å²) in [5.74, 6) is -1.13. The summed E-state index contributed by atoms with van der Waals surface area (Å²) >= 11 is 1.60. The predicted molar refractivity (Wildman–Crippen MR) is 134 cm³/mol. The lowest BCUT2D eigenvalue weighted by molar-refractivity contribution is -0.147. The highest BCUT2D eigenvalue weighted by molar-refractivity contribution is 8.02. The summed E-state index contributed by atoms with van der Waals surface area (Å²) in [5, 5.41) is 10.2. The maximum atomic E-state index is 14.2. The minimum atomic E-state index is -0.813. The lowest BCUT2D eigenvalue weighted by Crippen LogP contribution is -2.58. The van der Waals surface area contributed by atoms with E-state index >= 15 is 0 Å². The van der Waals surface area contributed by atoms with Gasteiger partial charge in [-0.25, -0.2) is 0 Å². The van der Waals surface area contributed by atoms with Crippen molar-refractivity contribution in [2.45, 2.75) is 75.1 Å². The van der Waals surface area contributed by atoms with Gasteiger partial charge in [-0.1, -0.05) is 51.5 Å². The van der Waals surface area contributed by atoms with Crippen molar-refractivity contribution in [2.24, 2.45) is 17.8 Å². The summed E-state index contributed by atoms with van der Waals surface area (Å²) in [4.78, 5) is 47.2. The number of hydrogen-bond acceptors (Lipinski definition) is 5. The number of amides is 3. The van der Waals surface area contributed by atoms with Crippen LogP contribution < -0.4 is 0 Å². The first-order valence-electron chi connectivity index (χ1n) is 12.7. The second-order valence-electron chi connectivity index (χ2n) is 10.7. The van der Waals surface area contributed by atoms with Crippen molar-refractivity contribution in [3.63, 3.8) is 0 Å². The third-order valence-electron chi connectivity index (χ3n) is 7.92. The zero-order valence-electron chi connectivity index (χ0n) is 21.0. The molecule has 3 amide bonds. The third-order valence-corrected chi connectivity index (χ3v) is 9.66. The Morgan fingerprint density at radius 1 is 1.12 bits per heavy atom. The van der Waals surface area contributed by atoms with Gasteiger partial charge in [0.2, 0.25) is 17.7 Å². The number of aliphatic hydroxyl groups is 1. The average Bonchev–Trinajstić information content (AvgIpc) is 3.11. The second-order valence-corrected chi connectivity index (χ2v) is 12.2. The smallest absolute Gasteiger partial charge is 0.247 e. The Morgan fingerprint density at radius 2 is 1.85 bits per heavy atom. The highest BCUT2D eigenvalue weighted by atomic mass is 32.2. The molecule has 2 fully saturated rings. The van der Waals surface area contributed by atoms with Crippen molar-refractivity contribution >= 4 is 29.5 Å². The van der Waals surface area contributed by atoms with E-state index < -0.39 is 28.7 Å². The van der Waals surface area contributed by atoms with Gasteiger partial charge in [0, 0.05) is 31.4 Å². The number of carbonyl (C=O) groups excluding carboxylic acids is 3. The largest absolute Gasteiger partial charge is 0.394 e. The molecule has 0 aromatic heterocycles. The number of carbonyl (C=O) groups is 3. The van der Waals surface area contributed by atoms with Crippen LogP contribution in [0.2, 0.25) is 0 Å². The minimum absolute atomic E-state index is 0.0379. The number of fused-ring (bicyclic) bond motifs is 2. The number of aliphatic hydroxyl groups excluding tert-OH is 1. The lowest BCUT2D eigenvalue weighted by atomic mass is 9.78.